The number of Topliss-reactive ketones (excluding diaryl/α,β-unsaturated/α-hetero) is 1. The quantitative estimate of drug-likeness (QED) is 0.711. The first-order valence-corrected chi connectivity index (χ1v) is 6.79. The molecule has 2 nitrogen and oxygen atoms in total. The van der Waals surface area contributed by atoms with Gasteiger partial charge in [0.2, 0.25) is 0 Å². The van der Waals surface area contributed by atoms with Gasteiger partial charge < -0.3 is 5.11 Å². The van der Waals surface area contributed by atoms with Gasteiger partial charge >= 0.3 is 0 Å². The maximum atomic E-state index is 12.4. The molecule has 17 heavy (non-hydrogen) atoms. The molecule has 0 radical (unpaired) electrons. The smallest absolute Gasteiger partial charge is 0.142 e. The summed E-state index contributed by atoms with van der Waals surface area (Å²) in [5.74, 6) is 0.587. The highest BCUT2D eigenvalue weighted by Crippen LogP contribution is 2.50. The predicted molar refractivity (Wildman–Crippen MR) is 68.5 cm³/mol. The van der Waals surface area contributed by atoms with Crippen molar-refractivity contribution in [2.45, 2.75) is 52.1 Å². The van der Waals surface area contributed by atoms with Crippen LogP contribution in [0.3, 0.4) is 0 Å². The molecular formula is C15H24O2. The maximum Gasteiger partial charge on any atom is 0.142 e. The first-order valence-electron chi connectivity index (χ1n) is 6.79. The summed E-state index contributed by atoms with van der Waals surface area (Å²) in [6.07, 6.45) is 3.61. The van der Waals surface area contributed by atoms with Crippen LogP contribution in [-0.2, 0) is 4.79 Å². The third kappa shape index (κ3) is 1.87. The minimum atomic E-state index is -0.772. The standard InChI is InChI=1S/C15H24O2/c1-9(2)12-6-5-11(4)15(17)8-7-10(3)14(16)13(12)15/h10-13,17H,1,5-8H2,2-4H3/t10-,11-,12-,13+,15+/m0/s1. The van der Waals surface area contributed by atoms with Crippen molar-refractivity contribution < 1.29 is 9.90 Å². The van der Waals surface area contributed by atoms with Crippen LogP contribution in [-0.4, -0.2) is 16.5 Å². The molecule has 0 amide bonds. The minimum Gasteiger partial charge on any atom is -0.389 e. The highest BCUT2D eigenvalue weighted by atomic mass is 16.3. The molecule has 5 atom stereocenters. The number of hydrogen-bond acceptors (Lipinski definition) is 2. The van der Waals surface area contributed by atoms with E-state index in [1.807, 2.05) is 13.8 Å². The molecule has 1 N–H and O–H groups in total. The van der Waals surface area contributed by atoms with Gasteiger partial charge in [0.25, 0.3) is 0 Å². The number of allylic oxidation sites excluding steroid dienone is 1. The van der Waals surface area contributed by atoms with Gasteiger partial charge in [0.15, 0.2) is 0 Å². The third-order valence-electron chi connectivity index (χ3n) is 5.11. The molecule has 0 aromatic heterocycles. The SMILES string of the molecule is C=C(C)[C@@H]1CC[C@H](C)[C@]2(O)CC[C@H](C)C(=O)[C@@H]12. The zero-order valence-corrected chi connectivity index (χ0v) is 11.2. The molecule has 2 saturated carbocycles. The highest BCUT2D eigenvalue weighted by Gasteiger charge is 2.55. The number of carbonyl (C=O) groups is 1. The third-order valence-corrected chi connectivity index (χ3v) is 5.11. The molecule has 0 saturated heterocycles. The summed E-state index contributed by atoms with van der Waals surface area (Å²) in [7, 11) is 0. The van der Waals surface area contributed by atoms with Gasteiger partial charge in [-0.05, 0) is 44.4 Å². The van der Waals surface area contributed by atoms with Gasteiger partial charge in [0.05, 0.1) is 11.5 Å². The summed E-state index contributed by atoms with van der Waals surface area (Å²) >= 11 is 0. The van der Waals surface area contributed by atoms with E-state index >= 15 is 0 Å². The number of hydrogen-bond donors (Lipinski definition) is 1. The molecule has 0 heterocycles. The van der Waals surface area contributed by atoms with Crippen molar-refractivity contribution in [3.8, 4) is 0 Å². The molecule has 2 heteroatoms. The first-order chi connectivity index (χ1) is 7.88. The van der Waals surface area contributed by atoms with Gasteiger partial charge in [-0.25, -0.2) is 0 Å². The van der Waals surface area contributed by atoms with Crippen molar-refractivity contribution in [1.29, 1.82) is 0 Å². The van der Waals surface area contributed by atoms with Crippen molar-refractivity contribution in [3.63, 3.8) is 0 Å². The number of carbonyl (C=O) groups excluding carboxylic acids is 1. The Hall–Kier alpha value is -0.630. The van der Waals surface area contributed by atoms with E-state index in [1.54, 1.807) is 0 Å². The van der Waals surface area contributed by atoms with Gasteiger partial charge in [0, 0.05) is 5.92 Å². The van der Waals surface area contributed by atoms with Crippen molar-refractivity contribution in [2.75, 3.05) is 0 Å². The molecular weight excluding hydrogens is 212 g/mol. The minimum absolute atomic E-state index is 0.104. The number of fused-ring (bicyclic) bond motifs is 1. The van der Waals surface area contributed by atoms with Crippen LogP contribution in [0.15, 0.2) is 12.2 Å². The number of rotatable bonds is 1. The summed E-state index contributed by atoms with van der Waals surface area (Å²) in [4.78, 5) is 12.4. The Balaban J connectivity index is 2.38. The summed E-state index contributed by atoms with van der Waals surface area (Å²) in [6.45, 7) is 10.1. The van der Waals surface area contributed by atoms with Crippen LogP contribution in [0.4, 0.5) is 0 Å². The molecule has 2 aliphatic rings. The van der Waals surface area contributed by atoms with Crippen LogP contribution in [0.1, 0.15) is 46.5 Å². The fourth-order valence-electron chi connectivity index (χ4n) is 3.78. The molecule has 0 unspecified atom stereocenters. The van der Waals surface area contributed by atoms with Gasteiger partial charge in [0.1, 0.15) is 5.78 Å². The lowest BCUT2D eigenvalue weighted by Crippen LogP contribution is -2.58. The van der Waals surface area contributed by atoms with E-state index in [0.29, 0.717) is 0 Å². The van der Waals surface area contributed by atoms with Gasteiger partial charge in [-0.15, -0.1) is 0 Å². The number of ketones is 1. The lowest BCUT2D eigenvalue weighted by Gasteiger charge is -2.52. The molecule has 2 aliphatic carbocycles. The Morgan fingerprint density at radius 3 is 2.59 bits per heavy atom. The van der Waals surface area contributed by atoms with E-state index in [9.17, 15) is 9.90 Å². The van der Waals surface area contributed by atoms with E-state index in [-0.39, 0.29) is 29.5 Å². The van der Waals surface area contributed by atoms with Crippen molar-refractivity contribution in [3.05, 3.63) is 12.2 Å². The molecule has 2 rings (SSSR count). The van der Waals surface area contributed by atoms with Crippen LogP contribution >= 0.6 is 0 Å². The molecule has 96 valence electrons. The van der Waals surface area contributed by atoms with Crippen LogP contribution in [0, 0.1) is 23.7 Å². The maximum absolute atomic E-state index is 12.4. The largest absolute Gasteiger partial charge is 0.389 e. The lowest BCUT2D eigenvalue weighted by molar-refractivity contribution is -0.164. The first kappa shape index (κ1) is 12.8. The Labute approximate surface area is 104 Å². The average Bonchev–Trinajstić information content (AvgIpc) is 2.26. The molecule has 2 fully saturated rings. The van der Waals surface area contributed by atoms with Crippen LogP contribution < -0.4 is 0 Å². The second kappa shape index (κ2) is 4.24. The summed E-state index contributed by atoms with van der Waals surface area (Å²) in [5.41, 5.74) is 0.286. The van der Waals surface area contributed by atoms with E-state index in [0.717, 1.165) is 31.3 Å². The van der Waals surface area contributed by atoms with Crippen LogP contribution in [0.5, 0.6) is 0 Å². The molecule has 0 spiro atoms. The zero-order valence-electron chi connectivity index (χ0n) is 11.2. The molecule has 0 aromatic carbocycles. The molecule has 0 aromatic rings. The second-order valence-corrected chi connectivity index (χ2v) is 6.24. The van der Waals surface area contributed by atoms with E-state index in [4.69, 9.17) is 0 Å². The molecule has 0 bridgehead atoms. The second-order valence-electron chi connectivity index (χ2n) is 6.24. The monoisotopic (exact) mass is 236 g/mol. The Morgan fingerprint density at radius 2 is 2.00 bits per heavy atom. The Kier molecular flexibility index (Phi) is 3.19. The van der Waals surface area contributed by atoms with Crippen LogP contribution in [0.25, 0.3) is 0 Å². The van der Waals surface area contributed by atoms with Gasteiger partial charge in [-0.2, -0.15) is 0 Å². The Bertz CT molecular complexity index is 347. The topological polar surface area (TPSA) is 37.3 Å². The molecule has 0 aliphatic heterocycles. The van der Waals surface area contributed by atoms with Gasteiger partial charge in [-0.3, -0.25) is 4.79 Å². The fraction of sp³-hybridized carbons (Fsp3) is 0.800. The normalized spacial score (nSPS) is 46.5. The van der Waals surface area contributed by atoms with Gasteiger partial charge in [-0.1, -0.05) is 26.0 Å². The van der Waals surface area contributed by atoms with Crippen LogP contribution in [0.2, 0.25) is 0 Å². The van der Waals surface area contributed by atoms with Crippen molar-refractivity contribution >= 4 is 5.78 Å². The zero-order chi connectivity index (χ0) is 12.8. The van der Waals surface area contributed by atoms with E-state index in [1.165, 1.54) is 0 Å². The van der Waals surface area contributed by atoms with Crippen molar-refractivity contribution in [2.24, 2.45) is 23.7 Å². The van der Waals surface area contributed by atoms with E-state index in [2.05, 4.69) is 13.5 Å². The van der Waals surface area contributed by atoms with E-state index < -0.39 is 5.60 Å². The summed E-state index contributed by atoms with van der Waals surface area (Å²) < 4.78 is 0. The highest BCUT2D eigenvalue weighted by molar-refractivity contribution is 5.86. The lowest BCUT2D eigenvalue weighted by atomic mass is 9.55. The fourth-order valence-corrected chi connectivity index (χ4v) is 3.78. The van der Waals surface area contributed by atoms with Crippen molar-refractivity contribution in [1.82, 2.24) is 0 Å². The Morgan fingerprint density at radius 1 is 1.35 bits per heavy atom. The summed E-state index contributed by atoms with van der Waals surface area (Å²) in [6, 6.07) is 0. The number of aliphatic hydroxyl groups is 1. The predicted octanol–water partition coefficient (Wildman–Crippen LogP) is 2.95. The average molecular weight is 236 g/mol. The summed E-state index contributed by atoms with van der Waals surface area (Å²) in [5, 5.41) is 10.9.